The van der Waals surface area contributed by atoms with Gasteiger partial charge in [-0.2, -0.15) is 0 Å². The van der Waals surface area contributed by atoms with Gasteiger partial charge in [0, 0.05) is 24.3 Å². The van der Waals surface area contributed by atoms with E-state index in [1.807, 2.05) is 5.38 Å². The average molecular weight is 282 g/mol. The summed E-state index contributed by atoms with van der Waals surface area (Å²) in [7, 11) is 0. The molecule has 1 fully saturated rings. The first-order chi connectivity index (χ1) is 9.01. The second-order valence-corrected chi connectivity index (χ2v) is 6.47. The summed E-state index contributed by atoms with van der Waals surface area (Å²) >= 11 is 1.67. The first-order valence-corrected chi connectivity index (χ1v) is 7.84. The number of aliphatic hydroxyl groups is 1. The molecule has 5 heteroatoms. The van der Waals surface area contributed by atoms with Gasteiger partial charge in [-0.1, -0.05) is 13.8 Å². The van der Waals surface area contributed by atoms with Gasteiger partial charge in [0.25, 0.3) is 5.91 Å². The van der Waals surface area contributed by atoms with Crippen molar-refractivity contribution < 1.29 is 9.90 Å². The summed E-state index contributed by atoms with van der Waals surface area (Å²) in [5, 5.41) is 16.1. The van der Waals surface area contributed by atoms with Crippen LogP contribution in [0.2, 0.25) is 0 Å². The van der Waals surface area contributed by atoms with Gasteiger partial charge < -0.3 is 10.4 Å². The smallest absolute Gasteiger partial charge is 0.251 e. The monoisotopic (exact) mass is 282 g/mol. The van der Waals surface area contributed by atoms with Gasteiger partial charge in [-0.25, -0.2) is 4.98 Å². The van der Waals surface area contributed by atoms with E-state index in [1.165, 1.54) is 0 Å². The lowest BCUT2D eigenvalue weighted by Gasteiger charge is -2.20. The molecular formula is C14H22N2O2S. The predicted octanol–water partition coefficient (Wildman–Crippen LogP) is 2.23. The normalized spacial score (nSPS) is 17.9. The Morgan fingerprint density at radius 3 is 2.79 bits per heavy atom. The Balaban J connectivity index is 1.78. The van der Waals surface area contributed by atoms with Gasteiger partial charge >= 0.3 is 0 Å². The van der Waals surface area contributed by atoms with E-state index >= 15 is 0 Å². The number of nitrogens with zero attached hydrogens (tertiary/aromatic N) is 1. The standard InChI is InChI=1S/C14H22N2O2S/c1-10(2)12-16-11(9-19-12)5-8-15-13(17)14(18)6-3-4-7-14/h9-10,18H,3-8H2,1-2H3,(H,15,17). The minimum absolute atomic E-state index is 0.218. The van der Waals surface area contributed by atoms with Crippen LogP contribution in [0, 0.1) is 0 Å². The average Bonchev–Trinajstić information content (AvgIpc) is 2.99. The number of carbonyl (C=O) groups is 1. The van der Waals surface area contributed by atoms with E-state index in [0.717, 1.165) is 30.0 Å². The second-order valence-electron chi connectivity index (χ2n) is 5.58. The van der Waals surface area contributed by atoms with Crippen molar-refractivity contribution in [2.24, 2.45) is 0 Å². The quantitative estimate of drug-likeness (QED) is 0.870. The van der Waals surface area contributed by atoms with Crippen LogP contribution >= 0.6 is 11.3 Å². The number of rotatable bonds is 5. The van der Waals surface area contributed by atoms with E-state index in [2.05, 4.69) is 24.1 Å². The molecule has 1 aromatic heterocycles. The van der Waals surface area contributed by atoms with Crippen molar-refractivity contribution in [2.75, 3.05) is 6.54 Å². The predicted molar refractivity (Wildman–Crippen MR) is 76.3 cm³/mol. The third-order valence-corrected chi connectivity index (χ3v) is 4.78. The zero-order chi connectivity index (χ0) is 13.9. The van der Waals surface area contributed by atoms with Crippen molar-refractivity contribution in [2.45, 2.75) is 57.5 Å². The van der Waals surface area contributed by atoms with E-state index in [1.54, 1.807) is 11.3 Å². The Hall–Kier alpha value is -0.940. The topological polar surface area (TPSA) is 62.2 Å². The van der Waals surface area contributed by atoms with Gasteiger partial charge in [0.2, 0.25) is 0 Å². The molecule has 19 heavy (non-hydrogen) atoms. The summed E-state index contributed by atoms with van der Waals surface area (Å²) in [6, 6.07) is 0. The zero-order valence-corrected chi connectivity index (χ0v) is 12.4. The third kappa shape index (κ3) is 3.54. The molecule has 0 spiro atoms. The van der Waals surface area contributed by atoms with Crippen LogP contribution in [0.5, 0.6) is 0 Å². The fourth-order valence-corrected chi connectivity index (χ4v) is 3.23. The minimum atomic E-state index is -1.12. The van der Waals surface area contributed by atoms with E-state index in [4.69, 9.17) is 0 Å². The summed E-state index contributed by atoms with van der Waals surface area (Å²) in [6.07, 6.45) is 3.78. The summed E-state index contributed by atoms with van der Waals surface area (Å²) < 4.78 is 0. The Bertz CT molecular complexity index is 436. The van der Waals surface area contributed by atoms with Crippen LogP contribution in [-0.4, -0.2) is 28.1 Å². The van der Waals surface area contributed by atoms with Crippen molar-refractivity contribution in [3.05, 3.63) is 16.1 Å². The number of aromatic nitrogens is 1. The lowest BCUT2D eigenvalue weighted by molar-refractivity contribution is -0.139. The molecule has 0 radical (unpaired) electrons. The van der Waals surface area contributed by atoms with Crippen LogP contribution in [0.3, 0.4) is 0 Å². The summed E-state index contributed by atoms with van der Waals surface area (Å²) in [4.78, 5) is 16.4. The number of nitrogens with one attached hydrogen (secondary N) is 1. The molecule has 2 N–H and O–H groups in total. The molecule has 1 aromatic rings. The molecule has 1 saturated carbocycles. The van der Waals surface area contributed by atoms with Crippen LogP contribution in [0.1, 0.15) is 56.2 Å². The van der Waals surface area contributed by atoms with Gasteiger partial charge in [-0.3, -0.25) is 4.79 Å². The number of carbonyl (C=O) groups excluding carboxylic acids is 1. The highest BCUT2D eigenvalue weighted by Gasteiger charge is 2.38. The molecule has 1 aliphatic carbocycles. The molecule has 0 aliphatic heterocycles. The van der Waals surface area contributed by atoms with Crippen LogP contribution < -0.4 is 5.32 Å². The van der Waals surface area contributed by atoms with Gasteiger partial charge in [0.05, 0.1) is 10.7 Å². The largest absolute Gasteiger partial charge is 0.380 e. The Morgan fingerprint density at radius 1 is 1.53 bits per heavy atom. The molecule has 0 atom stereocenters. The SMILES string of the molecule is CC(C)c1nc(CCNC(=O)C2(O)CCCC2)cs1. The highest BCUT2D eigenvalue weighted by molar-refractivity contribution is 7.09. The zero-order valence-electron chi connectivity index (χ0n) is 11.6. The Labute approximate surface area is 118 Å². The number of hydrogen-bond acceptors (Lipinski definition) is 4. The fraction of sp³-hybridized carbons (Fsp3) is 0.714. The Kier molecular flexibility index (Phi) is 4.58. The summed E-state index contributed by atoms with van der Waals surface area (Å²) in [5.74, 6) is 0.233. The first kappa shape index (κ1) is 14.5. The van der Waals surface area contributed by atoms with Crippen LogP contribution in [-0.2, 0) is 11.2 Å². The molecule has 2 rings (SSSR count). The number of hydrogen-bond donors (Lipinski definition) is 2. The summed E-state index contributed by atoms with van der Waals surface area (Å²) in [5.41, 5.74) is -0.0991. The van der Waals surface area contributed by atoms with E-state index < -0.39 is 5.60 Å². The molecule has 1 amide bonds. The highest BCUT2D eigenvalue weighted by atomic mass is 32.1. The van der Waals surface area contributed by atoms with Gasteiger partial charge in [-0.05, 0) is 25.7 Å². The minimum Gasteiger partial charge on any atom is -0.380 e. The lowest BCUT2D eigenvalue weighted by atomic mass is 10.0. The first-order valence-electron chi connectivity index (χ1n) is 6.96. The molecule has 4 nitrogen and oxygen atoms in total. The molecule has 0 aromatic carbocycles. The second kappa shape index (κ2) is 6.01. The van der Waals surface area contributed by atoms with Gasteiger partial charge in [0.15, 0.2) is 0 Å². The van der Waals surface area contributed by atoms with Gasteiger partial charge in [0.1, 0.15) is 5.60 Å². The summed E-state index contributed by atoms with van der Waals surface area (Å²) in [6.45, 7) is 4.79. The van der Waals surface area contributed by atoms with Crippen molar-refractivity contribution in [1.82, 2.24) is 10.3 Å². The lowest BCUT2D eigenvalue weighted by Crippen LogP contribution is -2.45. The van der Waals surface area contributed by atoms with Gasteiger partial charge in [-0.15, -0.1) is 11.3 Å². The molecular weight excluding hydrogens is 260 g/mol. The molecule has 1 heterocycles. The van der Waals surface area contributed by atoms with E-state index in [0.29, 0.717) is 25.3 Å². The molecule has 1 aliphatic rings. The molecule has 0 saturated heterocycles. The molecule has 106 valence electrons. The number of thiazole rings is 1. The van der Waals surface area contributed by atoms with Crippen LogP contribution in [0.15, 0.2) is 5.38 Å². The molecule has 0 unspecified atom stereocenters. The van der Waals surface area contributed by atoms with Crippen molar-refractivity contribution in [3.8, 4) is 0 Å². The van der Waals surface area contributed by atoms with E-state index in [9.17, 15) is 9.90 Å². The maximum atomic E-state index is 11.9. The van der Waals surface area contributed by atoms with Crippen LogP contribution in [0.4, 0.5) is 0 Å². The fourth-order valence-electron chi connectivity index (χ4n) is 2.36. The van der Waals surface area contributed by atoms with E-state index in [-0.39, 0.29) is 5.91 Å². The highest BCUT2D eigenvalue weighted by Crippen LogP contribution is 2.29. The van der Waals surface area contributed by atoms with Crippen molar-refractivity contribution >= 4 is 17.2 Å². The van der Waals surface area contributed by atoms with Crippen molar-refractivity contribution in [3.63, 3.8) is 0 Å². The third-order valence-electron chi connectivity index (χ3n) is 3.58. The maximum absolute atomic E-state index is 11.9. The Morgan fingerprint density at radius 2 is 2.21 bits per heavy atom. The van der Waals surface area contributed by atoms with Crippen molar-refractivity contribution in [1.29, 1.82) is 0 Å². The van der Waals surface area contributed by atoms with Crippen LogP contribution in [0.25, 0.3) is 0 Å². The molecule has 0 bridgehead atoms. The maximum Gasteiger partial charge on any atom is 0.251 e. The number of amides is 1.